The van der Waals surface area contributed by atoms with Gasteiger partial charge in [-0.25, -0.2) is 8.42 Å². The molecule has 0 spiro atoms. The van der Waals surface area contributed by atoms with Crippen molar-refractivity contribution in [2.45, 2.75) is 51.3 Å². The molecular formula is C11H21NO4S. The number of carbonyl (C=O) groups is 1. The molecule has 0 bridgehead atoms. The average molecular weight is 263 g/mol. The molecule has 6 heteroatoms. The van der Waals surface area contributed by atoms with Crippen molar-refractivity contribution in [3.63, 3.8) is 0 Å². The molecule has 100 valence electrons. The van der Waals surface area contributed by atoms with Gasteiger partial charge in [-0.05, 0) is 40.5 Å². The highest BCUT2D eigenvalue weighted by Crippen LogP contribution is 2.29. The van der Waals surface area contributed by atoms with Gasteiger partial charge in [0.1, 0.15) is 6.04 Å². The van der Waals surface area contributed by atoms with E-state index in [9.17, 15) is 13.2 Å². The summed E-state index contributed by atoms with van der Waals surface area (Å²) in [5.74, 6) is -0.433. The molecule has 1 rings (SSSR count). The summed E-state index contributed by atoms with van der Waals surface area (Å²) in [5, 5.41) is 0. The number of nitrogens with zero attached hydrogens (tertiary/aromatic N) is 1. The second kappa shape index (κ2) is 4.94. The highest BCUT2D eigenvalue weighted by molar-refractivity contribution is 7.90. The van der Waals surface area contributed by atoms with Crippen LogP contribution in [0, 0.1) is 0 Å². The molecule has 1 unspecified atom stereocenters. The van der Waals surface area contributed by atoms with Crippen LogP contribution in [0.2, 0.25) is 0 Å². The molecule has 0 amide bonds. The first-order valence-corrected chi connectivity index (χ1v) is 7.34. The van der Waals surface area contributed by atoms with E-state index in [0.29, 0.717) is 19.4 Å². The first-order valence-electron chi connectivity index (χ1n) is 5.90. The van der Waals surface area contributed by atoms with Gasteiger partial charge in [0, 0.05) is 6.54 Å². The third kappa shape index (κ3) is 2.80. The molecule has 1 fully saturated rings. The molecular weight excluding hydrogens is 242 g/mol. The Hall–Kier alpha value is -0.620. The minimum Gasteiger partial charge on any atom is -0.465 e. The van der Waals surface area contributed by atoms with E-state index in [1.807, 2.05) is 0 Å². The molecule has 1 atom stereocenters. The minimum absolute atomic E-state index is 0.277. The first-order chi connectivity index (χ1) is 7.71. The number of rotatable bonds is 3. The van der Waals surface area contributed by atoms with E-state index in [4.69, 9.17) is 4.74 Å². The Labute approximate surface area is 103 Å². The highest BCUT2D eigenvalue weighted by atomic mass is 32.2. The van der Waals surface area contributed by atoms with Crippen molar-refractivity contribution in [3.8, 4) is 0 Å². The number of hydrogen-bond acceptors (Lipinski definition) is 4. The predicted molar refractivity (Wildman–Crippen MR) is 65.0 cm³/mol. The van der Waals surface area contributed by atoms with Gasteiger partial charge in [-0.2, -0.15) is 4.31 Å². The molecule has 5 nitrogen and oxygen atoms in total. The lowest BCUT2D eigenvalue weighted by atomic mass is 10.2. The number of hydrogen-bond donors (Lipinski definition) is 0. The fourth-order valence-corrected chi connectivity index (χ4v) is 3.45. The Morgan fingerprint density at radius 1 is 1.41 bits per heavy atom. The number of carbonyl (C=O) groups excluding carboxylic acids is 1. The van der Waals surface area contributed by atoms with Gasteiger partial charge in [0.15, 0.2) is 0 Å². The number of esters is 1. The maximum absolute atomic E-state index is 12.3. The lowest BCUT2D eigenvalue weighted by Gasteiger charge is -2.29. The zero-order valence-corrected chi connectivity index (χ0v) is 11.7. The standard InChI is InChI=1S/C11H21NO4S/c1-5-16-10(13)9-7-6-8-12(9)17(14,15)11(2,3)4/h9H,5-8H2,1-4H3. The molecule has 1 saturated heterocycles. The Morgan fingerprint density at radius 2 is 2.00 bits per heavy atom. The van der Waals surface area contributed by atoms with Crippen LogP contribution in [0.15, 0.2) is 0 Å². The van der Waals surface area contributed by atoms with Crippen molar-refractivity contribution in [3.05, 3.63) is 0 Å². The molecule has 0 aliphatic carbocycles. The third-order valence-electron chi connectivity index (χ3n) is 2.84. The summed E-state index contributed by atoms with van der Waals surface area (Å²) in [6.07, 6.45) is 1.26. The quantitative estimate of drug-likeness (QED) is 0.716. The van der Waals surface area contributed by atoms with E-state index in [-0.39, 0.29) is 6.61 Å². The number of sulfonamides is 1. The average Bonchev–Trinajstić information content (AvgIpc) is 2.64. The van der Waals surface area contributed by atoms with E-state index in [1.54, 1.807) is 27.7 Å². The van der Waals surface area contributed by atoms with E-state index in [1.165, 1.54) is 4.31 Å². The maximum Gasteiger partial charge on any atom is 0.324 e. The summed E-state index contributed by atoms with van der Waals surface area (Å²) >= 11 is 0. The molecule has 1 aliphatic heterocycles. The topological polar surface area (TPSA) is 63.7 Å². The monoisotopic (exact) mass is 263 g/mol. The van der Waals surface area contributed by atoms with Crippen molar-refractivity contribution in [2.75, 3.05) is 13.2 Å². The largest absolute Gasteiger partial charge is 0.465 e. The van der Waals surface area contributed by atoms with Gasteiger partial charge in [-0.1, -0.05) is 0 Å². The van der Waals surface area contributed by atoms with Crippen LogP contribution in [0.25, 0.3) is 0 Å². The van der Waals surface area contributed by atoms with Gasteiger partial charge in [0.05, 0.1) is 11.4 Å². The van der Waals surface area contributed by atoms with E-state index < -0.39 is 26.8 Å². The molecule has 0 aromatic rings. The predicted octanol–water partition coefficient (Wildman–Crippen LogP) is 1.14. The van der Waals surface area contributed by atoms with Crippen LogP contribution in [0.5, 0.6) is 0 Å². The maximum atomic E-state index is 12.3. The van der Waals surface area contributed by atoms with Crippen LogP contribution in [-0.2, 0) is 19.6 Å². The SMILES string of the molecule is CCOC(=O)C1CCCN1S(=O)(=O)C(C)(C)C. The Balaban J connectivity index is 2.95. The van der Waals surface area contributed by atoms with Crippen LogP contribution in [0.1, 0.15) is 40.5 Å². The molecule has 0 aromatic carbocycles. The second-order valence-corrected chi connectivity index (χ2v) is 7.78. The van der Waals surface area contributed by atoms with E-state index >= 15 is 0 Å². The Bertz CT molecular complexity index is 383. The number of ether oxygens (including phenoxy) is 1. The summed E-state index contributed by atoms with van der Waals surface area (Å²) in [6, 6.07) is -0.640. The van der Waals surface area contributed by atoms with Crippen molar-refractivity contribution in [1.82, 2.24) is 4.31 Å². The lowest BCUT2D eigenvalue weighted by molar-refractivity contribution is -0.146. The summed E-state index contributed by atoms with van der Waals surface area (Å²) < 4.78 is 29.9. The van der Waals surface area contributed by atoms with Crippen LogP contribution >= 0.6 is 0 Å². The van der Waals surface area contributed by atoms with Gasteiger partial charge in [0.2, 0.25) is 10.0 Å². The zero-order valence-electron chi connectivity index (χ0n) is 10.9. The van der Waals surface area contributed by atoms with Crippen molar-refractivity contribution >= 4 is 16.0 Å². The van der Waals surface area contributed by atoms with Crippen LogP contribution in [0.3, 0.4) is 0 Å². The summed E-state index contributed by atoms with van der Waals surface area (Å²) in [5.41, 5.74) is 0. The Morgan fingerprint density at radius 3 is 2.47 bits per heavy atom. The van der Waals surface area contributed by atoms with Crippen molar-refractivity contribution in [2.24, 2.45) is 0 Å². The summed E-state index contributed by atoms with van der Waals surface area (Å²) in [4.78, 5) is 11.7. The normalized spacial score (nSPS) is 22.7. The van der Waals surface area contributed by atoms with Crippen LogP contribution < -0.4 is 0 Å². The minimum atomic E-state index is -3.46. The van der Waals surface area contributed by atoms with Crippen LogP contribution in [0.4, 0.5) is 0 Å². The second-order valence-electron chi connectivity index (χ2n) is 5.14. The van der Waals surface area contributed by atoms with Gasteiger partial charge in [0.25, 0.3) is 0 Å². The fraction of sp³-hybridized carbons (Fsp3) is 0.909. The highest BCUT2D eigenvalue weighted by Gasteiger charge is 2.44. The smallest absolute Gasteiger partial charge is 0.324 e. The Kier molecular flexibility index (Phi) is 4.19. The molecule has 1 aliphatic rings. The van der Waals surface area contributed by atoms with Crippen LogP contribution in [-0.4, -0.2) is 42.6 Å². The third-order valence-corrected chi connectivity index (χ3v) is 5.45. The van der Waals surface area contributed by atoms with Gasteiger partial charge in [-0.15, -0.1) is 0 Å². The molecule has 0 saturated carbocycles. The lowest BCUT2D eigenvalue weighted by Crippen LogP contribution is -2.48. The summed E-state index contributed by atoms with van der Waals surface area (Å²) in [6.45, 7) is 7.33. The van der Waals surface area contributed by atoms with Gasteiger partial charge in [-0.3, -0.25) is 4.79 Å². The molecule has 0 N–H and O–H groups in total. The molecule has 0 radical (unpaired) electrons. The van der Waals surface area contributed by atoms with Crippen molar-refractivity contribution < 1.29 is 17.9 Å². The van der Waals surface area contributed by atoms with E-state index in [2.05, 4.69) is 0 Å². The first kappa shape index (κ1) is 14.4. The summed E-state index contributed by atoms with van der Waals surface area (Å²) in [7, 11) is -3.46. The molecule has 17 heavy (non-hydrogen) atoms. The fourth-order valence-electron chi connectivity index (χ4n) is 1.85. The van der Waals surface area contributed by atoms with Crippen molar-refractivity contribution in [1.29, 1.82) is 0 Å². The molecule has 0 aromatic heterocycles. The van der Waals surface area contributed by atoms with Gasteiger partial charge >= 0.3 is 5.97 Å². The van der Waals surface area contributed by atoms with Gasteiger partial charge < -0.3 is 4.74 Å². The zero-order chi connectivity index (χ0) is 13.3. The van der Waals surface area contributed by atoms with E-state index in [0.717, 1.165) is 0 Å². The molecule has 1 heterocycles.